The molecule has 1 N–H and O–H groups in total. The van der Waals surface area contributed by atoms with E-state index in [0.29, 0.717) is 18.7 Å². The highest BCUT2D eigenvalue weighted by molar-refractivity contribution is 9.10. The van der Waals surface area contributed by atoms with Crippen molar-refractivity contribution in [3.63, 3.8) is 0 Å². The maximum atomic E-state index is 11.7. The Labute approximate surface area is 114 Å². The van der Waals surface area contributed by atoms with Gasteiger partial charge in [0.05, 0.1) is 10.2 Å². The Bertz CT molecular complexity index is 497. The van der Waals surface area contributed by atoms with Gasteiger partial charge in [-0.2, -0.15) is 4.98 Å². The number of rotatable bonds is 6. The Hall–Kier alpha value is -1.17. The van der Waals surface area contributed by atoms with Crippen molar-refractivity contribution >= 4 is 21.9 Å². The van der Waals surface area contributed by atoms with E-state index >= 15 is 0 Å². The van der Waals surface area contributed by atoms with Gasteiger partial charge in [0, 0.05) is 18.7 Å². The van der Waals surface area contributed by atoms with Crippen LogP contribution in [-0.4, -0.2) is 20.6 Å². The molecule has 5 nitrogen and oxygen atoms in total. The van der Waals surface area contributed by atoms with Gasteiger partial charge in [0.15, 0.2) is 0 Å². The summed E-state index contributed by atoms with van der Waals surface area (Å²) in [5.74, 6) is -0.775. The number of hydrogen-bond acceptors (Lipinski definition) is 3. The summed E-state index contributed by atoms with van der Waals surface area (Å²) in [6.45, 7) is 4.24. The molecule has 0 fully saturated rings. The number of halogens is 1. The predicted octanol–water partition coefficient (Wildman–Crippen LogP) is 2.27. The molecule has 18 heavy (non-hydrogen) atoms. The molecule has 1 heterocycles. The number of unbranched alkanes of at least 4 members (excludes halogenated alkanes) is 2. The van der Waals surface area contributed by atoms with E-state index in [2.05, 4.69) is 20.9 Å². The third-order valence-electron chi connectivity index (χ3n) is 2.81. The van der Waals surface area contributed by atoms with Gasteiger partial charge in [0.2, 0.25) is 0 Å². The second-order valence-corrected chi connectivity index (χ2v) is 5.03. The van der Waals surface area contributed by atoms with Crippen LogP contribution in [0.3, 0.4) is 0 Å². The van der Waals surface area contributed by atoms with E-state index in [9.17, 15) is 9.59 Å². The maximum absolute atomic E-state index is 11.7. The fraction of sp³-hybridized carbons (Fsp3) is 0.583. The van der Waals surface area contributed by atoms with E-state index in [0.717, 1.165) is 23.0 Å². The Balaban J connectivity index is 2.60. The predicted molar refractivity (Wildman–Crippen MR) is 71.8 cm³/mol. The Kier molecular flexibility index (Phi) is 5.53. The standard InChI is InChI=1S/C12H17BrN2O3/c1-8-11(13)9(2)15(12(18)14-8)7-5-3-4-6-10(16)17/h3-7H2,1-2H3,(H,16,17). The molecule has 1 rings (SSSR count). The lowest BCUT2D eigenvalue weighted by atomic mass is 10.2. The minimum atomic E-state index is -0.775. The molecule has 6 heteroatoms. The number of carboxylic acid groups (broad SMARTS) is 1. The molecule has 100 valence electrons. The Morgan fingerprint density at radius 2 is 2.00 bits per heavy atom. The van der Waals surface area contributed by atoms with E-state index in [-0.39, 0.29) is 12.1 Å². The molecule has 0 saturated carbocycles. The molecule has 0 spiro atoms. The summed E-state index contributed by atoms with van der Waals surface area (Å²) in [5, 5.41) is 8.51. The first-order valence-electron chi connectivity index (χ1n) is 5.89. The molecule has 0 radical (unpaired) electrons. The fourth-order valence-corrected chi connectivity index (χ4v) is 2.07. The third kappa shape index (κ3) is 3.94. The number of nitrogens with zero attached hydrogens (tertiary/aromatic N) is 2. The molecule has 0 bridgehead atoms. The average molecular weight is 317 g/mol. The van der Waals surface area contributed by atoms with Crippen molar-refractivity contribution in [3.8, 4) is 0 Å². The topological polar surface area (TPSA) is 72.2 Å². The van der Waals surface area contributed by atoms with E-state index < -0.39 is 5.97 Å². The van der Waals surface area contributed by atoms with Crippen molar-refractivity contribution < 1.29 is 9.90 Å². The lowest BCUT2D eigenvalue weighted by Gasteiger charge is -2.11. The maximum Gasteiger partial charge on any atom is 0.348 e. The molecular formula is C12H17BrN2O3. The number of hydrogen-bond donors (Lipinski definition) is 1. The van der Waals surface area contributed by atoms with Crippen molar-refractivity contribution in [2.75, 3.05) is 0 Å². The van der Waals surface area contributed by atoms with Crippen LogP contribution in [0.2, 0.25) is 0 Å². The van der Waals surface area contributed by atoms with Crippen LogP contribution in [0.15, 0.2) is 9.27 Å². The van der Waals surface area contributed by atoms with Crippen LogP contribution >= 0.6 is 15.9 Å². The van der Waals surface area contributed by atoms with Crippen molar-refractivity contribution in [3.05, 3.63) is 26.3 Å². The molecule has 0 saturated heterocycles. The second kappa shape index (κ2) is 6.68. The van der Waals surface area contributed by atoms with Gasteiger partial charge in [-0.3, -0.25) is 9.36 Å². The van der Waals surface area contributed by atoms with E-state index in [1.54, 1.807) is 11.5 Å². The first-order chi connectivity index (χ1) is 8.43. The molecule has 0 aromatic carbocycles. The fourth-order valence-electron chi connectivity index (χ4n) is 1.76. The average Bonchev–Trinajstić information content (AvgIpc) is 2.29. The molecule has 0 amide bonds. The Morgan fingerprint density at radius 1 is 1.33 bits per heavy atom. The minimum Gasteiger partial charge on any atom is -0.481 e. The lowest BCUT2D eigenvalue weighted by Crippen LogP contribution is -2.26. The van der Waals surface area contributed by atoms with Crippen molar-refractivity contribution in [1.82, 2.24) is 9.55 Å². The van der Waals surface area contributed by atoms with Gasteiger partial charge in [-0.25, -0.2) is 4.79 Å². The Morgan fingerprint density at radius 3 is 2.61 bits per heavy atom. The van der Waals surface area contributed by atoms with Gasteiger partial charge in [-0.05, 0) is 42.6 Å². The zero-order valence-electron chi connectivity index (χ0n) is 10.6. The largest absolute Gasteiger partial charge is 0.481 e. The first kappa shape index (κ1) is 14.9. The van der Waals surface area contributed by atoms with Crippen LogP contribution < -0.4 is 5.69 Å². The van der Waals surface area contributed by atoms with Crippen LogP contribution in [0.1, 0.15) is 37.1 Å². The monoisotopic (exact) mass is 316 g/mol. The smallest absolute Gasteiger partial charge is 0.348 e. The molecule has 0 aliphatic carbocycles. The molecule has 1 aromatic heterocycles. The van der Waals surface area contributed by atoms with Crippen LogP contribution in [-0.2, 0) is 11.3 Å². The van der Waals surface area contributed by atoms with Gasteiger partial charge in [-0.15, -0.1) is 0 Å². The van der Waals surface area contributed by atoms with Crippen LogP contribution in [0.4, 0.5) is 0 Å². The number of aromatic nitrogens is 2. The molecule has 0 atom stereocenters. The number of aryl methyl sites for hydroxylation is 1. The summed E-state index contributed by atoms with van der Waals surface area (Å²) >= 11 is 3.41. The molecule has 0 unspecified atom stereocenters. The van der Waals surface area contributed by atoms with Crippen molar-refractivity contribution in [1.29, 1.82) is 0 Å². The van der Waals surface area contributed by atoms with E-state index in [4.69, 9.17) is 5.11 Å². The number of aliphatic carboxylic acids is 1. The summed E-state index contributed by atoms with van der Waals surface area (Å²) < 4.78 is 2.48. The first-order valence-corrected chi connectivity index (χ1v) is 6.68. The normalized spacial score (nSPS) is 10.6. The van der Waals surface area contributed by atoms with Gasteiger partial charge in [-0.1, -0.05) is 6.42 Å². The van der Waals surface area contributed by atoms with Gasteiger partial charge in [0.25, 0.3) is 0 Å². The quantitative estimate of drug-likeness (QED) is 0.817. The van der Waals surface area contributed by atoms with E-state index in [1.165, 1.54) is 0 Å². The summed E-state index contributed by atoms with van der Waals surface area (Å²) in [4.78, 5) is 26.0. The van der Waals surface area contributed by atoms with Crippen LogP contribution in [0.25, 0.3) is 0 Å². The summed E-state index contributed by atoms with van der Waals surface area (Å²) in [6, 6.07) is 0. The van der Waals surface area contributed by atoms with Gasteiger partial charge < -0.3 is 5.11 Å². The third-order valence-corrected chi connectivity index (χ3v) is 3.95. The highest BCUT2D eigenvalue weighted by Gasteiger charge is 2.08. The summed E-state index contributed by atoms with van der Waals surface area (Å²) in [7, 11) is 0. The highest BCUT2D eigenvalue weighted by Crippen LogP contribution is 2.17. The molecule has 0 aliphatic heterocycles. The number of carboxylic acids is 1. The zero-order valence-corrected chi connectivity index (χ0v) is 12.2. The van der Waals surface area contributed by atoms with Crippen LogP contribution in [0, 0.1) is 13.8 Å². The van der Waals surface area contributed by atoms with Gasteiger partial charge in [0.1, 0.15) is 0 Å². The molecule has 0 aliphatic rings. The molecule has 1 aromatic rings. The highest BCUT2D eigenvalue weighted by atomic mass is 79.9. The summed E-state index contributed by atoms with van der Waals surface area (Å²) in [5.41, 5.74) is 1.32. The lowest BCUT2D eigenvalue weighted by molar-refractivity contribution is -0.137. The van der Waals surface area contributed by atoms with E-state index in [1.807, 2.05) is 6.92 Å². The van der Waals surface area contributed by atoms with Crippen molar-refractivity contribution in [2.24, 2.45) is 0 Å². The molecular weight excluding hydrogens is 300 g/mol. The van der Waals surface area contributed by atoms with Gasteiger partial charge >= 0.3 is 11.7 Å². The number of carbonyl (C=O) groups is 1. The second-order valence-electron chi connectivity index (χ2n) is 4.24. The summed E-state index contributed by atoms with van der Waals surface area (Å²) in [6.07, 6.45) is 2.40. The van der Waals surface area contributed by atoms with Crippen LogP contribution in [0.5, 0.6) is 0 Å². The SMILES string of the molecule is Cc1nc(=O)n(CCCCCC(=O)O)c(C)c1Br. The zero-order chi connectivity index (χ0) is 13.7. The minimum absolute atomic E-state index is 0.184. The van der Waals surface area contributed by atoms with Crippen molar-refractivity contribution in [2.45, 2.75) is 46.1 Å².